The molecule has 0 aliphatic heterocycles. The molecule has 0 amide bonds. The first-order chi connectivity index (χ1) is 13.2. The van der Waals surface area contributed by atoms with Crippen LogP contribution in [-0.2, 0) is 5.54 Å². The lowest BCUT2D eigenvalue weighted by Crippen LogP contribution is -2.46. The van der Waals surface area contributed by atoms with E-state index in [1.165, 1.54) is 63.5 Å². The molecule has 1 aromatic heterocycles. The van der Waals surface area contributed by atoms with Gasteiger partial charge in [-0.2, -0.15) is 5.10 Å². The topological polar surface area (TPSA) is 68.0 Å². The summed E-state index contributed by atoms with van der Waals surface area (Å²) < 4.78 is 2.16. The minimum Gasteiger partial charge on any atom is -0.296 e. The van der Waals surface area contributed by atoms with Gasteiger partial charge in [-0.15, -0.1) is 5.10 Å². The molecule has 3 aliphatic rings. The van der Waals surface area contributed by atoms with Crippen molar-refractivity contribution in [2.45, 2.75) is 109 Å². The van der Waals surface area contributed by atoms with Crippen molar-refractivity contribution >= 4 is 5.71 Å². The van der Waals surface area contributed by atoms with Gasteiger partial charge in [-0.1, -0.05) is 46.0 Å². The molecule has 1 aromatic rings. The normalized spacial score (nSPS) is 34.7. The van der Waals surface area contributed by atoms with Crippen LogP contribution in [0.25, 0.3) is 0 Å². The Labute approximate surface area is 163 Å². The van der Waals surface area contributed by atoms with Crippen LogP contribution in [0.4, 0.5) is 0 Å². The highest BCUT2D eigenvalue weighted by Gasteiger charge is 2.42. The van der Waals surface area contributed by atoms with Crippen LogP contribution in [0.15, 0.2) is 5.10 Å². The number of tetrazole rings is 1. The van der Waals surface area contributed by atoms with Crippen molar-refractivity contribution in [3.63, 3.8) is 0 Å². The summed E-state index contributed by atoms with van der Waals surface area (Å²) in [4.78, 5) is 0. The Morgan fingerprint density at radius 2 is 1.81 bits per heavy atom. The lowest BCUT2D eigenvalue weighted by molar-refractivity contribution is 0.163. The number of hydrazone groups is 1. The fourth-order valence-corrected chi connectivity index (χ4v) is 5.53. The Morgan fingerprint density at radius 1 is 1.00 bits per heavy atom. The van der Waals surface area contributed by atoms with Gasteiger partial charge in [0.25, 0.3) is 0 Å². The highest BCUT2D eigenvalue weighted by molar-refractivity contribution is 5.85. The summed E-state index contributed by atoms with van der Waals surface area (Å²) in [5.41, 5.74) is 4.80. The molecule has 0 radical (unpaired) electrons. The van der Waals surface area contributed by atoms with Crippen LogP contribution < -0.4 is 5.43 Å². The van der Waals surface area contributed by atoms with E-state index in [0.717, 1.165) is 37.4 Å². The number of hydrogen-bond acceptors (Lipinski definition) is 5. The third-order valence-corrected chi connectivity index (χ3v) is 7.01. The van der Waals surface area contributed by atoms with Crippen molar-refractivity contribution in [1.82, 2.24) is 25.6 Å². The Bertz CT molecular complexity index is 647. The monoisotopic (exact) mass is 372 g/mol. The molecule has 3 saturated carbocycles. The zero-order valence-electron chi connectivity index (χ0n) is 17.2. The first-order valence-electron chi connectivity index (χ1n) is 11.3. The molecule has 1 heterocycles. The number of nitrogens with one attached hydrogen (secondary N) is 1. The van der Waals surface area contributed by atoms with Gasteiger partial charge in [-0.3, -0.25) is 5.43 Å². The van der Waals surface area contributed by atoms with Gasteiger partial charge in [0.2, 0.25) is 0 Å². The molecule has 6 nitrogen and oxygen atoms in total. The zero-order chi connectivity index (χ0) is 18.7. The van der Waals surface area contributed by atoms with Gasteiger partial charge in [-0.05, 0) is 73.6 Å². The van der Waals surface area contributed by atoms with Crippen LogP contribution in [0.3, 0.4) is 0 Å². The quantitative estimate of drug-likeness (QED) is 0.775. The van der Waals surface area contributed by atoms with Crippen molar-refractivity contribution in [1.29, 1.82) is 0 Å². The minimum atomic E-state index is -0.202. The molecular weight excluding hydrogens is 336 g/mol. The van der Waals surface area contributed by atoms with E-state index < -0.39 is 0 Å². The Kier molecular flexibility index (Phi) is 5.79. The molecule has 0 saturated heterocycles. The summed E-state index contributed by atoms with van der Waals surface area (Å²) in [5.74, 6) is 2.47. The average Bonchev–Trinajstić information content (AvgIpc) is 3.18. The van der Waals surface area contributed by atoms with E-state index in [0.29, 0.717) is 12.0 Å². The first-order valence-corrected chi connectivity index (χ1v) is 11.3. The molecule has 0 bridgehead atoms. The maximum atomic E-state index is 4.96. The number of nitrogens with zero attached hydrogens (tertiary/aromatic N) is 5. The van der Waals surface area contributed by atoms with Crippen molar-refractivity contribution in [2.75, 3.05) is 0 Å². The molecule has 6 heteroatoms. The van der Waals surface area contributed by atoms with Crippen LogP contribution in [0.1, 0.15) is 109 Å². The maximum Gasteiger partial charge on any atom is 0.178 e. The van der Waals surface area contributed by atoms with E-state index in [1.807, 2.05) is 0 Å². The zero-order valence-corrected chi connectivity index (χ0v) is 17.2. The fourth-order valence-electron chi connectivity index (χ4n) is 5.53. The number of hydrogen-bond donors (Lipinski definition) is 1. The summed E-state index contributed by atoms with van der Waals surface area (Å²) in [6.45, 7) is 4.71. The first kappa shape index (κ1) is 18.9. The SMILES string of the molecule is C[C@@H]1CCC[C@@](N/N=C2/CCC[C@H](C)C2)(c2nnnn2C2CCCCC2)C1. The molecule has 150 valence electrons. The summed E-state index contributed by atoms with van der Waals surface area (Å²) in [6.07, 6.45) is 15.9. The predicted molar refractivity (Wildman–Crippen MR) is 107 cm³/mol. The van der Waals surface area contributed by atoms with E-state index in [9.17, 15) is 0 Å². The van der Waals surface area contributed by atoms with E-state index >= 15 is 0 Å². The molecule has 4 rings (SSSR count). The van der Waals surface area contributed by atoms with Gasteiger partial charge >= 0.3 is 0 Å². The van der Waals surface area contributed by atoms with Crippen LogP contribution in [0.5, 0.6) is 0 Å². The third-order valence-electron chi connectivity index (χ3n) is 7.01. The summed E-state index contributed by atoms with van der Waals surface area (Å²) >= 11 is 0. The molecule has 3 fully saturated rings. The molecular formula is C21H36N6. The minimum absolute atomic E-state index is 0.202. The van der Waals surface area contributed by atoms with Crippen LogP contribution in [0, 0.1) is 11.8 Å². The summed E-state index contributed by atoms with van der Waals surface area (Å²) in [7, 11) is 0. The van der Waals surface area contributed by atoms with E-state index in [2.05, 4.69) is 39.5 Å². The van der Waals surface area contributed by atoms with Crippen molar-refractivity contribution < 1.29 is 0 Å². The Hall–Kier alpha value is -1.46. The van der Waals surface area contributed by atoms with Crippen LogP contribution in [0.2, 0.25) is 0 Å². The molecule has 3 aliphatic carbocycles. The Morgan fingerprint density at radius 3 is 2.59 bits per heavy atom. The Balaban J connectivity index is 1.61. The highest BCUT2D eigenvalue weighted by atomic mass is 15.6. The van der Waals surface area contributed by atoms with E-state index in [1.54, 1.807) is 0 Å². The molecule has 0 unspecified atom stereocenters. The largest absolute Gasteiger partial charge is 0.296 e. The third kappa shape index (κ3) is 4.19. The molecule has 0 aromatic carbocycles. The van der Waals surface area contributed by atoms with Gasteiger partial charge in [0.15, 0.2) is 5.82 Å². The van der Waals surface area contributed by atoms with Gasteiger partial charge in [0.05, 0.1) is 6.04 Å². The predicted octanol–water partition coefficient (Wildman–Crippen LogP) is 4.74. The standard InChI is InChI=1S/C21H36N6/c1-16-8-6-10-18(14-16)22-24-21(13-7-9-17(2)15-21)20-23-25-26-27(20)19-11-4-3-5-12-19/h16-17,19,24H,3-15H2,1-2H3/b22-18-/t16-,17+,21-/m0/s1. The van der Waals surface area contributed by atoms with Crippen LogP contribution in [-0.4, -0.2) is 25.9 Å². The summed E-state index contributed by atoms with van der Waals surface area (Å²) in [5, 5.41) is 18.1. The highest BCUT2D eigenvalue weighted by Crippen LogP contribution is 2.41. The van der Waals surface area contributed by atoms with Crippen LogP contribution >= 0.6 is 0 Å². The lowest BCUT2D eigenvalue weighted by atomic mass is 9.76. The van der Waals surface area contributed by atoms with Gasteiger partial charge in [0.1, 0.15) is 5.54 Å². The maximum absolute atomic E-state index is 4.96. The second-order valence-electron chi connectivity index (χ2n) is 9.51. The van der Waals surface area contributed by atoms with E-state index in [4.69, 9.17) is 5.10 Å². The van der Waals surface area contributed by atoms with Crippen molar-refractivity contribution in [3.8, 4) is 0 Å². The molecule has 3 atom stereocenters. The van der Waals surface area contributed by atoms with Crippen molar-refractivity contribution in [2.24, 2.45) is 16.9 Å². The number of aromatic nitrogens is 4. The average molecular weight is 373 g/mol. The van der Waals surface area contributed by atoms with Crippen molar-refractivity contribution in [3.05, 3.63) is 5.82 Å². The number of rotatable bonds is 4. The lowest BCUT2D eigenvalue weighted by Gasteiger charge is -2.39. The second kappa shape index (κ2) is 8.27. The molecule has 27 heavy (non-hydrogen) atoms. The van der Waals surface area contributed by atoms with Gasteiger partial charge in [0, 0.05) is 5.71 Å². The van der Waals surface area contributed by atoms with E-state index in [-0.39, 0.29) is 5.54 Å². The second-order valence-corrected chi connectivity index (χ2v) is 9.51. The molecule has 0 spiro atoms. The fraction of sp³-hybridized carbons (Fsp3) is 0.905. The van der Waals surface area contributed by atoms with Gasteiger partial charge < -0.3 is 0 Å². The molecule has 1 N–H and O–H groups in total. The summed E-state index contributed by atoms with van der Waals surface area (Å²) in [6, 6.07) is 0.460. The van der Waals surface area contributed by atoms with Gasteiger partial charge in [-0.25, -0.2) is 4.68 Å². The smallest absolute Gasteiger partial charge is 0.178 e.